The molecule has 0 amide bonds. The molecular weight excluding hydrogens is 323 g/mol. The van der Waals surface area contributed by atoms with E-state index in [4.69, 9.17) is 9.84 Å². The zero-order valence-corrected chi connectivity index (χ0v) is 13.6. The van der Waals surface area contributed by atoms with Gasteiger partial charge < -0.3 is 14.7 Å². The first-order valence-electron chi connectivity index (χ1n) is 8.01. The van der Waals surface area contributed by atoms with Crippen LogP contribution < -0.4 is 4.74 Å². The smallest absolute Gasteiger partial charge is 0.416 e. The van der Waals surface area contributed by atoms with Gasteiger partial charge in [0.2, 0.25) is 0 Å². The Balaban J connectivity index is 1.78. The van der Waals surface area contributed by atoms with E-state index in [1.807, 2.05) is 6.92 Å². The van der Waals surface area contributed by atoms with Crippen molar-refractivity contribution in [3.05, 3.63) is 29.8 Å². The van der Waals surface area contributed by atoms with Crippen molar-refractivity contribution < 1.29 is 27.8 Å². The largest absolute Gasteiger partial charge is 0.494 e. The van der Waals surface area contributed by atoms with Gasteiger partial charge in [0.1, 0.15) is 5.75 Å². The summed E-state index contributed by atoms with van der Waals surface area (Å²) in [5.41, 5.74) is -0.728. The fraction of sp³-hybridized carbons (Fsp3) is 0.588. The summed E-state index contributed by atoms with van der Waals surface area (Å²) in [6.45, 7) is 4.36. The molecule has 0 saturated carbocycles. The van der Waals surface area contributed by atoms with Gasteiger partial charge in [0.05, 0.1) is 18.1 Å². The van der Waals surface area contributed by atoms with E-state index in [-0.39, 0.29) is 11.7 Å². The molecule has 134 valence electrons. The lowest BCUT2D eigenvalue weighted by molar-refractivity contribution is -0.144. The number of carboxylic acids is 1. The van der Waals surface area contributed by atoms with Crippen LogP contribution in [0.5, 0.6) is 5.75 Å². The van der Waals surface area contributed by atoms with Gasteiger partial charge >= 0.3 is 12.1 Å². The van der Waals surface area contributed by atoms with E-state index >= 15 is 0 Å². The van der Waals surface area contributed by atoms with Gasteiger partial charge in [-0.1, -0.05) is 13.0 Å². The molecule has 0 bridgehead atoms. The van der Waals surface area contributed by atoms with Crippen LogP contribution in [0, 0.1) is 11.8 Å². The van der Waals surface area contributed by atoms with Crippen molar-refractivity contribution in [3.8, 4) is 5.75 Å². The number of piperidine rings is 1. The molecule has 1 aromatic rings. The fourth-order valence-corrected chi connectivity index (χ4v) is 3.06. The standard InChI is InChI=1S/C17H22F3NO3/c1-12-8-13(16(22)23)11-21(10-12)6-3-7-24-15-5-2-4-14(9-15)17(18,19)20/h2,4-5,9,12-13H,3,6-8,10-11H2,1H3,(H,22,23). The lowest BCUT2D eigenvalue weighted by atomic mass is 9.90. The third-order valence-electron chi connectivity index (χ3n) is 4.13. The molecule has 2 atom stereocenters. The maximum absolute atomic E-state index is 12.6. The first-order valence-corrected chi connectivity index (χ1v) is 8.01. The number of nitrogens with zero attached hydrogens (tertiary/aromatic N) is 1. The zero-order chi connectivity index (χ0) is 17.7. The van der Waals surface area contributed by atoms with Crippen LogP contribution in [0.25, 0.3) is 0 Å². The molecule has 24 heavy (non-hydrogen) atoms. The Labute approximate surface area is 139 Å². The van der Waals surface area contributed by atoms with E-state index in [0.717, 1.165) is 18.7 Å². The lowest BCUT2D eigenvalue weighted by Crippen LogP contribution is -2.43. The normalized spacial score (nSPS) is 22.3. The third kappa shape index (κ3) is 5.40. The van der Waals surface area contributed by atoms with Gasteiger partial charge in [0.25, 0.3) is 0 Å². The molecule has 0 radical (unpaired) electrons. The number of halogens is 3. The summed E-state index contributed by atoms with van der Waals surface area (Å²) in [7, 11) is 0. The number of carboxylic acid groups (broad SMARTS) is 1. The van der Waals surface area contributed by atoms with Crippen LogP contribution >= 0.6 is 0 Å². The van der Waals surface area contributed by atoms with Crippen molar-refractivity contribution in [3.63, 3.8) is 0 Å². The minimum atomic E-state index is -4.38. The Kier molecular flexibility index (Phi) is 6.10. The highest BCUT2D eigenvalue weighted by Crippen LogP contribution is 2.31. The number of alkyl halides is 3. The van der Waals surface area contributed by atoms with Gasteiger partial charge in [0, 0.05) is 19.6 Å². The summed E-state index contributed by atoms with van der Waals surface area (Å²) >= 11 is 0. The Morgan fingerprint density at radius 1 is 1.38 bits per heavy atom. The van der Waals surface area contributed by atoms with Crippen LogP contribution in [0.2, 0.25) is 0 Å². The van der Waals surface area contributed by atoms with Gasteiger partial charge in [0.15, 0.2) is 0 Å². The van der Waals surface area contributed by atoms with E-state index in [9.17, 15) is 18.0 Å². The number of carbonyl (C=O) groups is 1. The summed E-state index contributed by atoms with van der Waals surface area (Å²) in [5.74, 6) is -0.602. The second-order valence-electron chi connectivity index (χ2n) is 6.36. The number of hydrogen-bond donors (Lipinski definition) is 1. The van der Waals surface area contributed by atoms with Crippen LogP contribution in [0.4, 0.5) is 13.2 Å². The summed E-state index contributed by atoms with van der Waals surface area (Å²) in [4.78, 5) is 13.2. The van der Waals surface area contributed by atoms with E-state index < -0.39 is 17.7 Å². The van der Waals surface area contributed by atoms with Crippen LogP contribution in [0.3, 0.4) is 0 Å². The molecule has 1 heterocycles. The minimum absolute atomic E-state index is 0.195. The molecule has 0 spiro atoms. The Bertz CT molecular complexity index is 562. The molecule has 4 nitrogen and oxygen atoms in total. The number of rotatable bonds is 6. The predicted molar refractivity (Wildman–Crippen MR) is 82.9 cm³/mol. The van der Waals surface area contributed by atoms with Gasteiger partial charge in [-0.2, -0.15) is 13.2 Å². The van der Waals surface area contributed by atoms with Crippen molar-refractivity contribution in [1.82, 2.24) is 4.90 Å². The van der Waals surface area contributed by atoms with Crippen LogP contribution in [0.1, 0.15) is 25.3 Å². The highest BCUT2D eigenvalue weighted by Gasteiger charge is 2.31. The molecule has 2 unspecified atom stereocenters. The van der Waals surface area contributed by atoms with Crippen LogP contribution in [-0.2, 0) is 11.0 Å². The van der Waals surface area contributed by atoms with Gasteiger partial charge in [-0.05, 0) is 37.0 Å². The number of ether oxygens (including phenoxy) is 1. The molecule has 1 N–H and O–H groups in total. The van der Waals surface area contributed by atoms with E-state index in [1.54, 1.807) is 0 Å². The maximum Gasteiger partial charge on any atom is 0.416 e. The van der Waals surface area contributed by atoms with E-state index in [2.05, 4.69) is 4.90 Å². The number of benzene rings is 1. The quantitative estimate of drug-likeness (QED) is 0.802. The summed E-state index contributed by atoms with van der Waals surface area (Å²) in [6.07, 6.45) is -3.06. The summed E-state index contributed by atoms with van der Waals surface area (Å²) in [6, 6.07) is 4.82. The third-order valence-corrected chi connectivity index (χ3v) is 4.13. The fourth-order valence-electron chi connectivity index (χ4n) is 3.06. The van der Waals surface area contributed by atoms with Gasteiger partial charge in [-0.3, -0.25) is 4.79 Å². The average Bonchev–Trinajstić information content (AvgIpc) is 2.50. The highest BCUT2D eigenvalue weighted by molar-refractivity contribution is 5.70. The molecule has 1 saturated heterocycles. The first-order chi connectivity index (χ1) is 11.3. The molecule has 7 heteroatoms. The predicted octanol–water partition coefficient (Wildman–Crippen LogP) is 3.52. The second kappa shape index (κ2) is 7.88. The molecule has 1 fully saturated rings. The van der Waals surface area contributed by atoms with E-state index in [1.165, 1.54) is 12.1 Å². The van der Waals surface area contributed by atoms with Gasteiger partial charge in [-0.15, -0.1) is 0 Å². The number of likely N-dealkylation sites (tertiary alicyclic amines) is 1. The molecule has 1 aliphatic rings. The summed E-state index contributed by atoms with van der Waals surface area (Å²) < 4.78 is 43.3. The maximum atomic E-state index is 12.6. The van der Waals surface area contributed by atoms with Gasteiger partial charge in [-0.25, -0.2) is 0 Å². The molecule has 2 rings (SSSR count). The molecule has 1 aromatic carbocycles. The van der Waals surface area contributed by atoms with Crippen molar-refractivity contribution in [2.75, 3.05) is 26.2 Å². The van der Waals surface area contributed by atoms with E-state index in [0.29, 0.717) is 38.5 Å². The molecule has 0 aromatic heterocycles. The van der Waals surface area contributed by atoms with Crippen molar-refractivity contribution >= 4 is 5.97 Å². The van der Waals surface area contributed by atoms with Crippen LogP contribution in [-0.4, -0.2) is 42.2 Å². The minimum Gasteiger partial charge on any atom is -0.494 e. The number of hydrogen-bond acceptors (Lipinski definition) is 3. The average molecular weight is 345 g/mol. The topological polar surface area (TPSA) is 49.8 Å². The zero-order valence-electron chi connectivity index (χ0n) is 13.6. The molecule has 0 aliphatic carbocycles. The number of aliphatic carboxylic acids is 1. The Morgan fingerprint density at radius 3 is 2.79 bits per heavy atom. The second-order valence-corrected chi connectivity index (χ2v) is 6.36. The Morgan fingerprint density at radius 2 is 2.12 bits per heavy atom. The first kappa shape index (κ1) is 18.6. The van der Waals surface area contributed by atoms with Crippen molar-refractivity contribution in [1.29, 1.82) is 0 Å². The SMILES string of the molecule is CC1CC(C(=O)O)CN(CCCOc2cccc(C(F)(F)F)c2)C1. The van der Waals surface area contributed by atoms with Crippen molar-refractivity contribution in [2.24, 2.45) is 11.8 Å². The summed E-state index contributed by atoms with van der Waals surface area (Å²) in [5, 5.41) is 9.14. The molecule has 1 aliphatic heterocycles. The monoisotopic (exact) mass is 345 g/mol. The van der Waals surface area contributed by atoms with Crippen molar-refractivity contribution in [2.45, 2.75) is 25.9 Å². The highest BCUT2D eigenvalue weighted by atomic mass is 19.4. The Hall–Kier alpha value is -1.76. The lowest BCUT2D eigenvalue weighted by Gasteiger charge is -2.34. The van der Waals surface area contributed by atoms with Crippen LogP contribution in [0.15, 0.2) is 24.3 Å². The molecular formula is C17H22F3NO3.